The summed E-state index contributed by atoms with van der Waals surface area (Å²) in [5.41, 5.74) is 3.02. The van der Waals surface area contributed by atoms with Gasteiger partial charge in [0, 0.05) is 23.2 Å². The highest BCUT2D eigenvalue weighted by Crippen LogP contribution is 2.67. The number of benzene rings is 1. The first-order valence-corrected chi connectivity index (χ1v) is 14.3. The van der Waals surface area contributed by atoms with Gasteiger partial charge in [-0.15, -0.1) is 0 Å². The number of carbonyl (C=O) groups is 1. The average molecular weight is 462 g/mol. The predicted octanol–water partition coefficient (Wildman–Crippen LogP) is 8.63. The van der Waals surface area contributed by atoms with Crippen molar-refractivity contribution >= 4 is 11.6 Å². The molecule has 1 aromatic carbocycles. The number of piperidine rings is 1. The highest BCUT2D eigenvalue weighted by molar-refractivity contribution is 5.98. The van der Waals surface area contributed by atoms with Crippen LogP contribution < -0.4 is 4.90 Å². The Morgan fingerprint density at radius 3 is 2.47 bits per heavy atom. The van der Waals surface area contributed by atoms with Crippen molar-refractivity contribution in [2.45, 2.75) is 98.8 Å². The summed E-state index contributed by atoms with van der Waals surface area (Å²) >= 11 is 0. The van der Waals surface area contributed by atoms with Crippen LogP contribution in [-0.2, 0) is 4.79 Å². The number of hydrogen-bond acceptors (Lipinski definition) is 1. The van der Waals surface area contributed by atoms with Crippen molar-refractivity contribution in [3.63, 3.8) is 0 Å². The fourth-order valence-corrected chi connectivity index (χ4v) is 9.24. The lowest BCUT2D eigenvalue weighted by atomic mass is 9.48. The lowest BCUT2D eigenvalue weighted by molar-refractivity contribution is -0.122. The van der Waals surface area contributed by atoms with Crippen LogP contribution in [-0.4, -0.2) is 5.91 Å². The summed E-state index contributed by atoms with van der Waals surface area (Å²) in [6.07, 6.45) is 15.2. The van der Waals surface area contributed by atoms with E-state index in [0.29, 0.717) is 11.8 Å². The van der Waals surface area contributed by atoms with Gasteiger partial charge in [0.05, 0.1) is 0 Å². The van der Waals surface area contributed by atoms with E-state index < -0.39 is 0 Å². The largest absolute Gasteiger partial charge is 0.285 e. The predicted molar refractivity (Wildman–Crippen MR) is 142 cm³/mol. The van der Waals surface area contributed by atoms with Crippen LogP contribution in [0.3, 0.4) is 0 Å². The third kappa shape index (κ3) is 3.88. The second kappa shape index (κ2) is 9.14. The lowest BCUT2D eigenvalue weighted by Gasteiger charge is -2.59. The van der Waals surface area contributed by atoms with E-state index in [0.717, 1.165) is 47.6 Å². The monoisotopic (exact) mass is 461 g/mol. The number of carbonyl (C=O) groups excluding carboxylic acids is 1. The van der Waals surface area contributed by atoms with E-state index in [4.69, 9.17) is 0 Å². The van der Waals surface area contributed by atoms with E-state index in [2.05, 4.69) is 69.9 Å². The molecule has 0 N–H and O–H groups in total. The molecule has 0 radical (unpaired) electrons. The summed E-state index contributed by atoms with van der Waals surface area (Å²) in [6, 6.07) is 10.4. The Kier molecular flexibility index (Phi) is 6.49. The van der Waals surface area contributed by atoms with Crippen LogP contribution in [0.4, 0.5) is 5.69 Å². The Balaban J connectivity index is 1.39. The van der Waals surface area contributed by atoms with Crippen LogP contribution in [0.2, 0.25) is 0 Å². The number of allylic oxidation sites excluding steroid dienone is 2. The minimum absolute atomic E-state index is 0.134. The summed E-state index contributed by atoms with van der Waals surface area (Å²) in [5, 5.41) is 0. The van der Waals surface area contributed by atoms with Gasteiger partial charge in [0.1, 0.15) is 0 Å². The molecule has 2 saturated carbocycles. The molecule has 3 fully saturated rings. The third-order valence-electron chi connectivity index (χ3n) is 11.0. The van der Waals surface area contributed by atoms with E-state index >= 15 is 0 Å². The van der Waals surface area contributed by atoms with Gasteiger partial charge in [-0.25, -0.2) is 0 Å². The first-order chi connectivity index (χ1) is 16.3. The van der Waals surface area contributed by atoms with Crippen molar-refractivity contribution in [2.75, 3.05) is 4.90 Å². The van der Waals surface area contributed by atoms with Crippen LogP contribution in [0, 0.1) is 46.3 Å². The maximum absolute atomic E-state index is 13.1. The molecule has 0 aromatic heterocycles. The molecule has 0 bridgehead atoms. The molecule has 1 saturated heterocycles. The molecule has 2 heteroatoms. The van der Waals surface area contributed by atoms with Gasteiger partial charge < -0.3 is 0 Å². The number of nitrogens with zero attached hydrogens (tertiary/aromatic N) is 1. The summed E-state index contributed by atoms with van der Waals surface area (Å²) in [5.74, 6) is 5.25. The zero-order chi connectivity index (χ0) is 24.1. The second-order valence-electron chi connectivity index (χ2n) is 13.2. The normalized spacial score (nSPS) is 38.2. The fourth-order valence-electron chi connectivity index (χ4n) is 9.24. The van der Waals surface area contributed by atoms with E-state index in [-0.39, 0.29) is 11.3 Å². The van der Waals surface area contributed by atoms with Crippen LogP contribution in [0.1, 0.15) is 98.8 Å². The molecule has 5 unspecified atom stereocenters. The SMILES string of the molecule is CC(C)CCCC(C)C1CCC2C3CC=C4N(c5ccccc5)C(=O)CC[C@]4(C)C3CC[C@]12C. The van der Waals surface area contributed by atoms with Crippen LogP contribution >= 0.6 is 0 Å². The Morgan fingerprint density at radius 1 is 0.971 bits per heavy atom. The molecule has 1 amide bonds. The van der Waals surface area contributed by atoms with E-state index in [1.54, 1.807) is 0 Å². The Labute approximate surface area is 208 Å². The standard InChI is InChI=1S/C32H47NO/c1-22(2)10-9-11-23(3)26-15-16-27-25-14-17-29-32(5,28(25)18-20-31(26,27)4)21-19-30(34)33(29)24-12-7-6-8-13-24/h6-8,12-13,17,22-23,25-28H,9-11,14-16,18-21H2,1-5H3/t23?,25?,26?,27?,28?,31-,32-/m1/s1. The summed E-state index contributed by atoms with van der Waals surface area (Å²) < 4.78 is 0. The maximum Gasteiger partial charge on any atom is 0.231 e. The Hall–Kier alpha value is -1.57. The van der Waals surface area contributed by atoms with Gasteiger partial charge in [0.2, 0.25) is 5.91 Å². The van der Waals surface area contributed by atoms with Gasteiger partial charge >= 0.3 is 0 Å². The topological polar surface area (TPSA) is 20.3 Å². The molecule has 7 atom stereocenters. The lowest BCUT2D eigenvalue weighted by Crippen LogP contribution is -2.54. The van der Waals surface area contributed by atoms with Gasteiger partial charge in [-0.3, -0.25) is 9.69 Å². The Bertz CT molecular complexity index is 918. The van der Waals surface area contributed by atoms with Crippen LogP contribution in [0.25, 0.3) is 0 Å². The Morgan fingerprint density at radius 2 is 1.74 bits per heavy atom. The summed E-state index contributed by atoms with van der Waals surface area (Å²) in [6.45, 7) is 12.5. The van der Waals surface area contributed by atoms with E-state index in [9.17, 15) is 4.79 Å². The number of amides is 1. The number of hydrogen-bond donors (Lipinski definition) is 0. The molecular formula is C32H47NO. The molecule has 0 spiro atoms. The first-order valence-electron chi connectivity index (χ1n) is 14.3. The molecule has 1 aliphatic heterocycles. The highest BCUT2D eigenvalue weighted by atomic mass is 16.2. The van der Waals surface area contributed by atoms with Gasteiger partial charge in [-0.1, -0.05) is 78.2 Å². The van der Waals surface area contributed by atoms with Crippen molar-refractivity contribution in [3.05, 3.63) is 42.1 Å². The highest BCUT2D eigenvalue weighted by Gasteiger charge is 2.60. The minimum atomic E-state index is 0.134. The van der Waals surface area contributed by atoms with Crippen molar-refractivity contribution < 1.29 is 4.79 Å². The number of anilines is 1. The van der Waals surface area contributed by atoms with Crippen LogP contribution in [0.15, 0.2) is 42.1 Å². The van der Waals surface area contributed by atoms with Crippen molar-refractivity contribution in [3.8, 4) is 0 Å². The molecule has 1 heterocycles. The van der Waals surface area contributed by atoms with Crippen molar-refractivity contribution in [1.82, 2.24) is 0 Å². The molecule has 4 aliphatic rings. The molecular weight excluding hydrogens is 414 g/mol. The zero-order valence-electron chi connectivity index (χ0n) is 22.4. The summed E-state index contributed by atoms with van der Waals surface area (Å²) in [4.78, 5) is 15.2. The molecule has 34 heavy (non-hydrogen) atoms. The summed E-state index contributed by atoms with van der Waals surface area (Å²) in [7, 11) is 0. The van der Waals surface area contributed by atoms with Gasteiger partial charge in [-0.2, -0.15) is 0 Å². The zero-order valence-corrected chi connectivity index (χ0v) is 22.4. The molecule has 186 valence electrons. The molecule has 1 aromatic rings. The van der Waals surface area contributed by atoms with Gasteiger partial charge in [0.25, 0.3) is 0 Å². The van der Waals surface area contributed by atoms with Crippen molar-refractivity contribution in [1.29, 1.82) is 0 Å². The smallest absolute Gasteiger partial charge is 0.231 e. The number of rotatable bonds is 6. The first kappa shape index (κ1) is 24.1. The quantitative estimate of drug-likeness (QED) is 0.415. The minimum Gasteiger partial charge on any atom is -0.285 e. The molecule has 2 nitrogen and oxygen atoms in total. The van der Waals surface area contributed by atoms with Gasteiger partial charge in [0.15, 0.2) is 0 Å². The van der Waals surface area contributed by atoms with E-state index in [1.807, 2.05) is 6.07 Å². The third-order valence-corrected chi connectivity index (χ3v) is 11.0. The number of para-hydroxylation sites is 1. The molecule has 3 aliphatic carbocycles. The fraction of sp³-hybridized carbons (Fsp3) is 0.719. The number of fused-ring (bicyclic) bond motifs is 5. The molecule has 5 rings (SSSR count). The van der Waals surface area contributed by atoms with Crippen molar-refractivity contribution in [2.24, 2.45) is 46.3 Å². The van der Waals surface area contributed by atoms with E-state index in [1.165, 1.54) is 57.1 Å². The van der Waals surface area contributed by atoms with Gasteiger partial charge in [-0.05, 0) is 91.6 Å². The second-order valence-corrected chi connectivity index (χ2v) is 13.2. The average Bonchev–Trinajstić information content (AvgIpc) is 3.17. The van der Waals surface area contributed by atoms with Crippen LogP contribution in [0.5, 0.6) is 0 Å². The maximum atomic E-state index is 13.1.